The number of alkyl halides is 3. The highest BCUT2D eigenvalue weighted by atomic mass is 32.1. The number of piperazine rings is 1. The summed E-state index contributed by atoms with van der Waals surface area (Å²) in [5, 5.41) is 4.47. The van der Waals surface area contributed by atoms with Crippen molar-refractivity contribution in [2.24, 2.45) is 0 Å². The molecule has 3 heterocycles. The number of aryl methyl sites for hydroxylation is 1. The van der Waals surface area contributed by atoms with E-state index in [0.29, 0.717) is 60.9 Å². The van der Waals surface area contributed by atoms with Gasteiger partial charge in [-0.05, 0) is 12.5 Å². The van der Waals surface area contributed by atoms with Crippen molar-refractivity contribution >= 4 is 16.5 Å². The van der Waals surface area contributed by atoms with Crippen LogP contribution in [-0.4, -0.2) is 46.2 Å². The molecule has 0 atom stereocenters. The van der Waals surface area contributed by atoms with Crippen molar-refractivity contribution in [1.82, 2.24) is 20.0 Å². The minimum absolute atomic E-state index is 0.409. The van der Waals surface area contributed by atoms with E-state index in [1.165, 1.54) is 0 Å². The molecule has 0 N–H and O–H groups in total. The molecule has 28 heavy (non-hydrogen) atoms. The molecule has 3 aromatic rings. The van der Waals surface area contributed by atoms with Gasteiger partial charge in [0.25, 0.3) is 0 Å². The quantitative estimate of drug-likeness (QED) is 0.653. The molecule has 1 aromatic carbocycles. The van der Waals surface area contributed by atoms with E-state index in [0.717, 1.165) is 17.3 Å². The Hall–Kier alpha value is -2.46. The van der Waals surface area contributed by atoms with Crippen LogP contribution in [0.15, 0.2) is 35.0 Å². The molecule has 0 spiro atoms. The van der Waals surface area contributed by atoms with Crippen molar-refractivity contribution in [2.75, 3.05) is 31.1 Å². The first-order valence-electron chi connectivity index (χ1n) is 8.79. The summed E-state index contributed by atoms with van der Waals surface area (Å²) in [7, 11) is 0. The van der Waals surface area contributed by atoms with E-state index in [1.807, 2.05) is 36.1 Å². The molecule has 0 aliphatic carbocycles. The summed E-state index contributed by atoms with van der Waals surface area (Å²) >= 11 is 0.684. The van der Waals surface area contributed by atoms with Crippen molar-refractivity contribution in [3.63, 3.8) is 0 Å². The Morgan fingerprint density at radius 3 is 2.57 bits per heavy atom. The second kappa shape index (κ2) is 7.51. The predicted octanol–water partition coefficient (Wildman–Crippen LogP) is 3.84. The number of hydrogen-bond acceptors (Lipinski definition) is 7. The third kappa shape index (κ3) is 4.02. The van der Waals surface area contributed by atoms with Gasteiger partial charge in [-0.1, -0.05) is 40.8 Å². The van der Waals surface area contributed by atoms with Crippen molar-refractivity contribution < 1.29 is 17.7 Å². The highest BCUT2D eigenvalue weighted by Crippen LogP contribution is 2.36. The van der Waals surface area contributed by atoms with E-state index in [2.05, 4.69) is 20.0 Å². The maximum absolute atomic E-state index is 12.7. The minimum Gasteiger partial charge on any atom is -0.346 e. The molecule has 1 aliphatic heterocycles. The van der Waals surface area contributed by atoms with Gasteiger partial charge in [-0.3, -0.25) is 4.90 Å². The summed E-state index contributed by atoms with van der Waals surface area (Å²) in [5.74, 6) is 1.09. The molecule has 4 rings (SSSR count). The van der Waals surface area contributed by atoms with Crippen LogP contribution < -0.4 is 4.90 Å². The van der Waals surface area contributed by atoms with Crippen molar-refractivity contribution in [1.29, 1.82) is 0 Å². The van der Waals surface area contributed by atoms with Gasteiger partial charge in [0.1, 0.15) is 4.88 Å². The molecule has 1 aliphatic rings. The number of anilines is 1. The van der Waals surface area contributed by atoms with E-state index in [-0.39, 0.29) is 0 Å². The first kappa shape index (κ1) is 18.9. The Kier molecular flexibility index (Phi) is 5.07. The number of benzene rings is 1. The Labute approximate surface area is 163 Å². The van der Waals surface area contributed by atoms with E-state index in [1.54, 1.807) is 0 Å². The maximum atomic E-state index is 12.7. The maximum Gasteiger partial charge on any atom is 0.427 e. The summed E-state index contributed by atoms with van der Waals surface area (Å²) in [5.41, 5.74) is 2.01. The molecule has 148 valence electrons. The van der Waals surface area contributed by atoms with Crippen LogP contribution in [0.2, 0.25) is 0 Å². The van der Waals surface area contributed by atoms with Crippen molar-refractivity contribution in [3.05, 3.63) is 46.8 Å². The van der Waals surface area contributed by atoms with Gasteiger partial charge in [0.15, 0.2) is 5.13 Å². The lowest BCUT2D eigenvalue weighted by molar-refractivity contribution is -0.134. The van der Waals surface area contributed by atoms with Gasteiger partial charge in [-0.15, -0.1) is 0 Å². The normalized spacial score (nSPS) is 15.9. The SMILES string of the molecule is Cc1ccccc1-c1noc(CN2CCN(c3ncc(C(F)(F)F)s3)CC2)n1. The fourth-order valence-corrected chi connectivity index (χ4v) is 3.92. The van der Waals surface area contributed by atoms with Crippen molar-refractivity contribution in [2.45, 2.75) is 19.6 Å². The first-order chi connectivity index (χ1) is 13.4. The molecule has 0 unspecified atom stereocenters. The largest absolute Gasteiger partial charge is 0.427 e. The molecule has 0 amide bonds. The van der Waals surface area contributed by atoms with Crippen LogP contribution in [0.1, 0.15) is 16.3 Å². The molecular formula is C18H18F3N5OS. The number of aromatic nitrogens is 3. The Bertz CT molecular complexity index is 947. The number of nitrogens with zero attached hydrogens (tertiary/aromatic N) is 5. The van der Waals surface area contributed by atoms with Gasteiger partial charge in [0.2, 0.25) is 11.7 Å². The summed E-state index contributed by atoms with van der Waals surface area (Å²) in [6.07, 6.45) is -3.44. The highest BCUT2D eigenvalue weighted by molar-refractivity contribution is 7.15. The minimum atomic E-state index is -4.34. The monoisotopic (exact) mass is 409 g/mol. The predicted molar refractivity (Wildman–Crippen MR) is 99.1 cm³/mol. The van der Waals surface area contributed by atoms with Crippen LogP contribution in [0.4, 0.5) is 18.3 Å². The number of hydrogen-bond donors (Lipinski definition) is 0. The van der Waals surface area contributed by atoms with Gasteiger partial charge in [0, 0.05) is 31.7 Å². The van der Waals surface area contributed by atoms with E-state index >= 15 is 0 Å². The zero-order valence-electron chi connectivity index (χ0n) is 15.1. The number of thiazole rings is 1. The van der Waals surface area contributed by atoms with Gasteiger partial charge < -0.3 is 9.42 Å². The lowest BCUT2D eigenvalue weighted by Gasteiger charge is -2.33. The standard InChI is InChI=1S/C18H18F3N5OS/c1-12-4-2-3-5-13(12)16-23-15(27-24-16)11-25-6-8-26(9-7-25)17-22-10-14(28-17)18(19,20)21/h2-5,10H,6-9,11H2,1H3. The molecule has 1 fully saturated rings. The van der Waals surface area contributed by atoms with Crippen LogP contribution in [0, 0.1) is 6.92 Å². The smallest absolute Gasteiger partial charge is 0.346 e. The highest BCUT2D eigenvalue weighted by Gasteiger charge is 2.34. The van der Waals surface area contributed by atoms with Gasteiger partial charge in [0.05, 0.1) is 12.7 Å². The zero-order chi connectivity index (χ0) is 19.7. The zero-order valence-corrected chi connectivity index (χ0v) is 15.9. The average molecular weight is 409 g/mol. The summed E-state index contributed by atoms with van der Waals surface area (Å²) < 4.78 is 43.6. The third-order valence-corrected chi connectivity index (χ3v) is 5.73. The van der Waals surface area contributed by atoms with E-state index in [4.69, 9.17) is 4.52 Å². The van der Waals surface area contributed by atoms with Crippen molar-refractivity contribution in [3.8, 4) is 11.4 Å². The molecule has 1 saturated heterocycles. The Morgan fingerprint density at radius 1 is 1.14 bits per heavy atom. The van der Waals surface area contributed by atoms with E-state index in [9.17, 15) is 13.2 Å². The molecule has 2 aromatic heterocycles. The second-order valence-corrected chi connectivity index (χ2v) is 7.60. The molecule has 0 radical (unpaired) electrons. The molecule has 0 bridgehead atoms. The average Bonchev–Trinajstić information content (AvgIpc) is 3.32. The molecule has 0 saturated carbocycles. The lowest BCUT2D eigenvalue weighted by atomic mass is 10.1. The lowest BCUT2D eigenvalue weighted by Crippen LogP contribution is -2.46. The molecule has 6 nitrogen and oxygen atoms in total. The van der Waals surface area contributed by atoms with Crippen LogP contribution in [0.5, 0.6) is 0 Å². The fraction of sp³-hybridized carbons (Fsp3) is 0.389. The second-order valence-electron chi connectivity index (χ2n) is 6.59. The number of halogens is 3. The van der Waals surface area contributed by atoms with E-state index < -0.39 is 11.1 Å². The molecule has 10 heteroatoms. The van der Waals surface area contributed by atoms with Gasteiger partial charge >= 0.3 is 6.18 Å². The first-order valence-corrected chi connectivity index (χ1v) is 9.61. The summed E-state index contributed by atoms with van der Waals surface area (Å²) in [4.78, 5) is 11.8. The van der Waals surface area contributed by atoms with Gasteiger partial charge in [-0.25, -0.2) is 4.98 Å². The van der Waals surface area contributed by atoms with Crippen LogP contribution in [0.25, 0.3) is 11.4 Å². The summed E-state index contributed by atoms with van der Waals surface area (Å²) in [6, 6.07) is 7.83. The van der Waals surface area contributed by atoms with Gasteiger partial charge in [-0.2, -0.15) is 18.2 Å². The Morgan fingerprint density at radius 2 is 1.89 bits per heavy atom. The Balaban J connectivity index is 1.35. The molecular weight excluding hydrogens is 391 g/mol. The number of rotatable bonds is 4. The topological polar surface area (TPSA) is 58.3 Å². The fourth-order valence-electron chi connectivity index (χ4n) is 3.08. The van der Waals surface area contributed by atoms with Crippen LogP contribution in [-0.2, 0) is 12.7 Å². The van der Waals surface area contributed by atoms with Crippen LogP contribution in [0.3, 0.4) is 0 Å². The third-order valence-electron chi connectivity index (χ3n) is 4.63. The summed E-state index contributed by atoms with van der Waals surface area (Å²) in [6.45, 7) is 5.07. The van der Waals surface area contributed by atoms with Crippen LogP contribution >= 0.6 is 11.3 Å².